The molecule has 0 aromatic carbocycles. The fourth-order valence-electron chi connectivity index (χ4n) is 1.46. The second-order valence-electron chi connectivity index (χ2n) is 3.63. The Kier molecular flexibility index (Phi) is 12.4. The minimum Gasteiger partial charge on any atom is -0.0776 e. The number of unbranched alkanes of at least 4 members (excludes halogenated alkanes) is 8. The van der Waals surface area contributed by atoms with Crippen molar-refractivity contribution in [2.75, 3.05) is 0 Å². The average molecular weight is 247 g/mol. The first-order chi connectivity index (χ1) is 6.41. The second-order valence-corrected chi connectivity index (χ2v) is 4.15. The number of hydrogen-bond donors (Lipinski definition) is 0. The molecule has 0 saturated heterocycles. The quantitative estimate of drug-likeness (QED) is 0.477. The maximum atomic E-state index is 3.28. The smallest absolute Gasteiger partial charge is 0.0229 e. The zero-order valence-electron chi connectivity index (χ0n) is 8.90. The van der Waals surface area contributed by atoms with E-state index in [9.17, 15) is 0 Å². The Labute approximate surface area is 91.9 Å². The van der Waals surface area contributed by atoms with E-state index in [0.29, 0.717) is 0 Å². The summed E-state index contributed by atoms with van der Waals surface area (Å²) in [5.41, 5.74) is 0. The first-order valence-corrected chi connectivity index (χ1v) is 6.58. The Morgan fingerprint density at radius 3 is 1.92 bits per heavy atom. The molecular formula is C12H23Br. The van der Waals surface area contributed by atoms with E-state index in [4.69, 9.17) is 0 Å². The van der Waals surface area contributed by atoms with Crippen molar-refractivity contribution in [3.63, 3.8) is 0 Å². The Morgan fingerprint density at radius 2 is 1.38 bits per heavy atom. The second kappa shape index (κ2) is 12.2. The lowest BCUT2D eigenvalue weighted by atomic mass is 10.1. The Bertz CT molecular complexity index is 108. The van der Waals surface area contributed by atoms with Gasteiger partial charge in [-0.05, 0) is 17.8 Å². The van der Waals surface area contributed by atoms with E-state index in [0.717, 1.165) is 0 Å². The van der Waals surface area contributed by atoms with Gasteiger partial charge in [0.05, 0.1) is 0 Å². The lowest BCUT2D eigenvalue weighted by molar-refractivity contribution is 0.578. The lowest BCUT2D eigenvalue weighted by Crippen LogP contribution is -1.79. The highest BCUT2D eigenvalue weighted by atomic mass is 79.9. The zero-order valence-corrected chi connectivity index (χ0v) is 10.5. The predicted octanol–water partition coefficient (Wildman–Crippen LogP) is 5.43. The van der Waals surface area contributed by atoms with Gasteiger partial charge in [-0.2, -0.15) is 0 Å². The molecule has 0 nitrogen and oxygen atoms in total. The van der Waals surface area contributed by atoms with Crippen LogP contribution in [0.15, 0.2) is 11.1 Å². The van der Waals surface area contributed by atoms with Gasteiger partial charge in [-0.1, -0.05) is 73.9 Å². The molecule has 0 heterocycles. The van der Waals surface area contributed by atoms with Crippen molar-refractivity contribution in [3.8, 4) is 0 Å². The molecule has 0 unspecified atom stereocenters. The first kappa shape index (κ1) is 13.2. The monoisotopic (exact) mass is 246 g/mol. The fourth-order valence-corrected chi connectivity index (χ4v) is 1.72. The molecule has 0 saturated carbocycles. The van der Waals surface area contributed by atoms with Crippen molar-refractivity contribution < 1.29 is 0 Å². The summed E-state index contributed by atoms with van der Waals surface area (Å²) < 4.78 is 0. The molecule has 0 rings (SSSR count). The third-order valence-corrected chi connectivity index (χ3v) is 2.69. The van der Waals surface area contributed by atoms with Crippen molar-refractivity contribution in [2.24, 2.45) is 0 Å². The average Bonchev–Trinajstić information content (AvgIpc) is 2.16. The van der Waals surface area contributed by atoms with Crippen LogP contribution in [0.4, 0.5) is 0 Å². The third kappa shape index (κ3) is 12.2. The van der Waals surface area contributed by atoms with Gasteiger partial charge in [0, 0.05) is 0 Å². The van der Waals surface area contributed by atoms with E-state index in [-0.39, 0.29) is 0 Å². The maximum Gasteiger partial charge on any atom is -0.0229 e. The van der Waals surface area contributed by atoms with E-state index in [2.05, 4.69) is 28.9 Å². The molecule has 0 amide bonds. The molecule has 0 fully saturated rings. The summed E-state index contributed by atoms with van der Waals surface area (Å²) in [6, 6.07) is 0. The Hall–Kier alpha value is 0.220. The SMILES string of the molecule is CCCCCCCCCC/C=C\Br. The van der Waals surface area contributed by atoms with Crippen molar-refractivity contribution in [1.29, 1.82) is 0 Å². The van der Waals surface area contributed by atoms with Crippen LogP contribution in [-0.4, -0.2) is 0 Å². The predicted molar refractivity (Wildman–Crippen MR) is 65.3 cm³/mol. The summed E-state index contributed by atoms with van der Waals surface area (Å²) in [6.45, 7) is 2.27. The van der Waals surface area contributed by atoms with Gasteiger partial charge in [-0.15, -0.1) is 0 Å². The van der Waals surface area contributed by atoms with Crippen molar-refractivity contribution >= 4 is 15.9 Å². The van der Waals surface area contributed by atoms with Gasteiger partial charge in [0.15, 0.2) is 0 Å². The highest BCUT2D eigenvalue weighted by molar-refractivity contribution is 9.11. The van der Waals surface area contributed by atoms with Crippen molar-refractivity contribution in [3.05, 3.63) is 11.1 Å². The summed E-state index contributed by atoms with van der Waals surface area (Å²) in [5.74, 6) is 0. The molecule has 78 valence electrons. The van der Waals surface area contributed by atoms with E-state index in [1.807, 2.05) is 4.99 Å². The Morgan fingerprint density at radius 1 is 0.846 bits per heavy atom. The normalized spacial score (nSPS) is 11.2. The molecule has 0 aliphatic carbocycles. The van der Waals surface area contributed by atoms with E-state index >= 15 is 0 Å². The molecule has 0 radical (unpaired) electrons. The molecule has 0 aliphatic rings. The highest BCUT2D eigenvalue weighted by Crippen LogP contribution is 2.09. The minimum atomic E-state index is 1.24. The maximum absolute atomic E-state index is 3.28. The van der Waals surface area contributed by atoms with E-state index in [1.165, 1.54) is 57.8 Å². The molecular weight excluding hydrogens is 224 g/mol. The van der Waals surface area contributed by atoms with Gasteiger partial charge in [-0.25, -0.2) is 0 Å². The first-order valence-electron chi connectivity index (χ1n) is 5.67. The van der Waals surface area contributed by atoms with Crippen LogP contribution in [0.25, 0.3) is 0 Å². The van der Waals surface area contributed by atoms with Crippen LogP contribution in [0.2, 0.25) is 0 Å². The standard InChI is InChI=1S/C12H23Br/c1-2-3-4-5-6-7-8-9-10-11-12-13/h11-12H,2-10H2,1H3/b12-11-. The highest BCUT2D eigenvalue weighted by Gasteiger charge is 1.89. The number of halogens is 1. The van der Waals surface area contributed by atoms with Crippen LogP contribution < -0.4 is 0 Å². The number of hydrogen-bond acceptors (Lipinski definition) is 0. The molecule has 0 aliphatic heterocycles. The van der Waals surface area contributed by atoms with Crippen molar-refractivity contribution in [2.45, 2.75) is 64.7 Å². The van der Waals surface area contributed by atoms with Gasteiger partial charge < -0.3 is 0 Å². The molecule has 0 bridgehead atoms. The van der Waals surface area contributed by atoms with Crippen LogP contribution in [0.3, 0.4) is 0 Å². The van der Waals surface area contributed by atoms with Gasteiger partial charge in [0.25, 0.3) is 0 Å². The van der Waals surface area contributed by atoms with Crippen LogP contribution in [0.1, 0.15) is 64.7 Å². The van der Waals surface area contributed by atoms with Crippen LogP contribution in [0.5, 0.6) is 0 Å². The number of allylic oxidation sites excluding steroid dienone is 1. The molecule has 13 heavy (non-hydrogen) atoms. The molecule has 0 aromatic heterocycles. The van der Waals surface area contributed by atoms with Gasteiger partial charge in [0.2, 0.25) is 0 Å². The molecule has 0 atom stereocenters. The summed E-state index contributed by atoms with van der Waals surface area (Å²) in [4.78, 5) is 1.97. The third-order valence-electron chi connectivity index (χ3n) is 2.31. The largest absolute Gasteiger partial charge is 0.0776 e. The zero-order chi connectivity index (χ0) is 9.78. The molecule has 0 aromatic rings. The van der Waals surface area contributed by atoms with Crippen molar-refractivity contribution in [1.82, 2.24) is 0 Å². The van der Waals surface area contributed by atoms with Crippen LogP contribution in [-0.2, 0) is 0 Å². The number of rotatable bonds is 9. The van der Waals surface area contributed by atoms with Crippen LogP contribution in [0, 0.1) is 0 Å². The summed E-state index contributed by atoms with van der Waals surface area (Å²) >= 11 is 3.28. The van der Waals surface area contributed by atoms with Gasteiger partial charge in [-0.3, -0.25) is 0 Å². The summed E-state index contributed by atoms with van der Waals surface area (Å²) in [7, 11) is 0. The van der Waals surface area contributed by atoms with Gasteiger partial charge in [0.1, 0.15) is 0 Å². The lowest BCUT2D eigenvalue weighted by Gasteiger charge is -1.99. The topological polar surface area (TPSA) is 0 Å². The van der Waals surface area contributed by atoms with E-state index < -0.39 is 0 Å². The fraction of sp³-hybridized carbons (Fsp3) is 0.833. The summed E-state index contributed by atoms with van der Waals surface area (Å²) in [5, 5.41) is 0. The van der Waals surface area contributed by atoms with E-state index in [1.54, 1.807) is 0 Å². The molecule has 0 N–H and O–H groups in total. The summed E-state index contributed by atoms with van der Waals surface area (Å²) in [6.07, 6.45) is 14.7. The molecule has 1 heteroatoms. The minimum absolute atomic E-state index is 1.24. The molecule has 0 spiro atoms. The van der Waals surface area contributed by atoms with Crippen LogP contribution >= 0.6 is 15.9 Å². The Balaban J connectivity index is 2.83. The van der Waals surface area contributed by atoms with Gasteiger partial charge >= 0.3 is 0 Å².